The predicted molar refractivity (Wildman–Crippen MR) is 75.3 cm³/mol. The Hall–Kier alpha value is -1.16. The molecule has 1 aromatic rings. The fourth-order valence-electron chi connectivity index (χ4n) is 4.91. The van der Waals surface area contributed by atoms with Gasteiger partial charge in [-0.1, -0.05) is 18.0 Å². The second kappa shape index (κ2) is 4.69. The molecule has 0 radical (unpaired) electrons. The third-order valence-electron chi connectivity index (χ3n) is 5.61. The fourth-order valence-corrected chi connectivity index (χ4v) is 5.01. The summed E-state index contributed by atoms with van der Waals surface area (Å²) in [5.74, 6) is 3.23. The van der Waals surface area contributed by atoms with Gasteiger partial charge in [0.15, 0.2) is 10.8 Å². The molecular weight excluding hydrogens is 274 g/mol. The van der Waals surface area contributed by atoms with Crippen molar-refractivity contribution < 1.29 is 4.79 Å². The van der Waals surface area contributed by atoms with E-state index < -0.39 is 0 Å². The molecule has 4 rings (SSSR count). The van der Waals surface area contributed by atoms with E-state index in [-0.39, 0.29) is 5.91 Å². The lowest BCUT2D eigenvalue weighted by atomic mass is 9.79. The summed E-state index contributed by atoms with van der Waals surface area (Å²) in [6.45, 7) is 0. The van der Waals surface area contributed by atoms with Gasteiger partial charge in [0.2, 0.25) is 0 Å². The van der Waals surface area contributed by atoms with Crippen LogP contribution < -0.4 is 5.32 Å². The highest BCUT2D eigenvalue weighted by molar-refractivity contribution is 6.29. The summed E-state index contributed by atoms with van der Waals surface area (Å²) in [6.07, 6.45) is 6.62. The van der Waals surface area contributed by atoms with E-state index in [0.717, 1.165) is 24.2 Å². The van der Waals surface area contributed by atoms with Gasteiger partial charge in [0, 0.05) is 6.04 Å². The van der Waals surface area contributed by atoms with Crippen LogP contribution >= 0.6 is 11.6 Å². The number of carbonyl (C=O) groups excluding carboxylic acids is 1. The van der Waals surface area contributed by atoms with E-state index in [4.69, 9.17) is 11.6 Å². The minimum Gasteiger partial charge on any atom is -0.348 e. The van der Waals surface area contributed by atoms with Gasteiger partial charge >= 0.3 is 0 Å². The zero-order valence-corrected chi connectivity index (χ0v) is 12.0. The predicted octanol–water partition coefficient (Wildman–Crippen LogP) is 2.68. The Morgan fingerprint density at radius 1 is 1.15 bits per heavy atom. The third-order valence-corrected chi connectivity index (χ3v) is 5.81. The van der Waals surface area contributed by atoms with E-state index in [1.165, 1.54) is 25.7 Å². The molecule has 3 fully saturated rings. The lowest BCUT2D eigenvalue weighted by molar-refractivity contribution is 0.0895. The number of amides is 1. The molecule has 5 heteroatoms. The number of nitrogens with zero attached hydrogens (tertiary/aromatic N) is 2. The maximum Gasteiger partial charge on any atom is 0.272 e. The Bertz CT molecular complexity index is 532. The first-order valence-corrected chi connectivity index (χ1v) is 7.90. The van der Waals surface area contributed by atoms with Gasteiger partial charge in [-0.25, -0.2) is 0 Å². The highest BCUT2D eigenvalue weighted by Crippen LogP contribution is 2.58. The summed E-state index contributed by atoms with van der Waals surface area (Å²) in [5.41, 5.74) is 0.361. The Morgan fingerprint density at radius 3 is 2.80 bits per heavy atom. The second-order valence-corrected chi connectivity index (χ2v) is 6.86. The minimum atomic E-state index is -0.110. The summed E-state index contributed by atoms with van der Waals surface area (Å²) in [5, 5.41) is 11.1. The molecule has 1 aromatic heterocycles. The van der Waals surface area contributed by atoms with Gasteiger partial charge in [-0.15, -0.1) is 10.2 Å². The Kier molecular flexibility index (Phi) is 2.95. The minimum absolute atomic E-state index is 0.110. The molecule has 5 unspecified atom stereocenters. The zero-order chi connectivity index (χ0) is 13.7. The highest BCUT2D eigenvalue weighted by Gasteiger charge is 2.54. The van der Waals surface area contributed by atoms with Gasteiger partial charge in [0.05, 0.1) is 0 Å². The number of carbonyl (C=O) groups is 1. The molecule has 0 aromatic carbocycles. The molecule has 4 nitrogen and oxygen atoms in total. The van der Waals surface area contributed by atoms with Crippen LogP contribution in [0.1, 0.15) is 42.6 Å². The van der Waals surface area contributed by atoms with Crippen molar-refractivity contribution in [2.24, 2.45) is 23.7 Å². The van der Waals surface area contributed by atoms with Gasteiger partial charge in [0.1, 0.15) is 0 Å². The second-order valence-electron chi connectivity index (χ2n) is 6.48. The maximum absolute atomic E-state index is 12.2. The monoisotopic (exact) mass is 291 g/mol. The zero-order valence-electron chi connectivity index (χ0n) is 11.3. The smallest absolute Gasteiger partial charge is 0.272 e. The largest absolute Gasteiger partial charge is 0.348 e. The first-order valence-electron chi connectivity index (χ1n) is 7.52. The number of fused-ring (bicyclic) bond motifs is 5. The first kappa shape index (κ1) is 12.6. The van der Waals surface area contributed by atoms with Crippen LogP contribution in [0.4, 0.5) is 0 Å². The number of hydrogen-bond donors (Lipinski definition) is 1. The number of nitrogens with one attached hydrogen (secondary N) is 1. The molecule has 106 valence electrons. The standard InChI is InChI=1S/C15H18ClN3O/c16-14-5-4-12(18-19-14)15(20)17-13-7-8-6-11(13)10-3-1-2-9(8)10/h4-5,8-11,13H,1-3,6-7H2,(H,17,20). The van der Waals surface area contributed by atoms with E-state index >= 15 is 0 Å². The third kappa shape index (κ3) is 1.93. The Balaban J connectivity index is 1.45. The lowest BCUT2D eigenvalue weighted by Crippen LogP contribution is -2.42. The lowest BCUT2D eigenvalue weighted by Gasteiger charge is -2.31. The molecular formula is C15H18ClN3O. The van der Waals surface area contributed by atoms with E-state index in [0.29, 0.717) is 22.8 Å². The molecule has 1 N–H and O–H groups in total. The van der Waals surface area contributed by atoms with Crippen molar-refractivity contribution in [2.75, 3.05) is 0 Å². The van der Waals surface area contributed by atoms with Crippen LogP contribution in [0.15, 0.2) is 12.1 Å². The Labute approximate surface area is 123 Å². The van der Waals surface area contributed by atoms with Crippen molar-refractivity contribution in [3.05, 3.63) is 23.0 Å². The van der Waals surface area contributed by atoms with E-state index in [1.54, 1.807) is 12.1 Å². The average Bonchev–Trinajstić information content (AvgIpc) is 3.11. The molecule has 0 spiro atoms. The van der Waals surface area contributed by atoms with Gasteiger partial charge in [0.25, 0.3) is 5.91 Å². The Morgan fingerprint density at radius 2 is 2.00 bits per heavy atom. The van der Waals surface area contributed by atoms with E-state index in [9.17, 15) is 4.79 Å². The SMILES string of the molecule is O=C(NC1CC2CC1C1CCCC21)c1ccc(Cl)nn1. The molecule has 0 aliphatic heterocycles. The first-order chi connectivity index (χ1) is 9.72. The van der Waals surface area contributed by atoms with E-state index in [2.05, 4.69) is 15.5 Å². The number of aromatic nitrogens is 2. The van der Waals surface area contributed by atoms with Crippen LogP contribution in [0.25, 0.3) is 0 Å². The van der Waals surface area contributed by atoms with Crippen LogP contribution in [0.5, 0.6) is 0 Å². The van der Waals surface area contributed by atoms with Gasteiger partial charge in [-0.3, -0.25) is 4.79 Å². The normalized spacial score (nSPS) is 38.0. The van der Waals surface area contributed by atoms with Crippen LogP contribution in [0.3, 0.4) is 0 Å². The van der Waals surface area contributed by atoms with Gasteiger partial charge in [-0.2, -0.15) is 0 Å². The summed E-state index contributed by atoms with van der Waals surface area (Å²) in [7, 11) is 0. The maximum atomic E-state index is 12.2. The summed E-state index contributed by atoms with van der Waals surface area (Å²) >= 11 is 5.69. The van der Waals surface area contributed by atoms with Crippen LogP contribution in [0, 0.1) is 23.7 Å². The fraction of sp³-hybridized carbons (Fsp3) is 0.667. The summed E-state index contributed by atoms with van der Waals surface area (Å²) < 4.78 is 0. The molecule has 2 bridgehead atoms. The van der Waals surface area contributed by atoms with Crippen LogP contribution in [-0.4, -0.2) is 22.1 Å². The van der Waals surface area contributed by atoms with Crippen molar-refractivity contribution >= 4 is 17.5 Å². The highest BCUT2D eigenvalue weighted by atomic mass is 35.5. The summed E-state index contributed by atoms with van der Waals surface area (Å²) in [4.78, 5) is 12.2. The molecule has 1 amide bonds. The van der Waals surface area contributed by atoms with Crippen molar-refractivity contribution in [1.82, 2.24) is 15.5 Å². The number of hydrogen-bond acceptors (Lipinski definition) is 3. The van der Waals surface area contributed by atoms with Crippen LogP contribution in [0.2, 0.25) is 5.15 Å². The van der Waals surface area contributed by atoms with Gasteiger partial charge in [-0.05, 0) is 61.5 Å². The van der Waals surface area contributed by atoms with Crippen molar-refractivity contribution in [1.29, 1.82) is 0 Å². The molecule has 5 atom stereocenters. The molecule has 3 aliphatic carbocycles. The van der Waals surface area contributed by atoms with Crippen molar-refractivity contribution in [3.8, 4) is 0 Å². The molecule has 1 heterocycles. The van der Waals surface area contributed by atoms with Crippen molar-refractivity contribution in [3.63, 3.8) is 0 Å². The van der Waals surface area contributed by atoms with Crippen LogP contribution in [-0.2, 0) is 0 Å². The van der Waals surface area contributed by atoms with Crippen molar-refractivity contribution in [2.45, 2.75) is 38.1 Å². The quantitative estimate of drug-likeness (QED) is 0.911. The molecule has 20 heavy (non-hydrogen) atoms. The average molecular weight is 292 g/mol. The number of halogens is 1. The molecule has 3 saturated carbocycles. The molecule has 3 aliphatic rings. The van der Waals surface area contributed by atoms with E-state index in [1.807, 2.05) is 0 Å². The summed E-state index contributed by atoms with van der Waals surface area (Å²) in [6, 6.07) is 3.58. The topological polar surface area (TPSA) is 54.9 Å². The molecule has 0 saturated heterocycles. The van der Waals surface area contributed by atoms with Gasteiger partial charge < -0.3 is 5.32 Å². The number of rotatable bonds is 2.